The maximum atomic E-state index is 11.3. The number of aromatic amines is 4. The Morgan fingerprint density at radius 3 is 1.20 bits per heavy atom. The topological polar surface area (TPSA) is 185 Å². The fraction of sp³-hybridized carbons (Fsp3) is 0.529. The van der Waals surface area contributed by atoms with Gasteiger partial charge < -0.3 is 9.13 Å². The second-order valence-corrected chi connectivity index (χ2v) is 16.3. The molecule has 0 atom stereocenters. The molecule has 4 rings (SSSR count). The Labute approximate surface area is 300 Å². The largest absolute Gasteiger partial charge is 0.328 e. The summed E-state index contributed by atoms with van der Waals surface area (Å²) in [5.74, 6) is 0. The van der Waals surface area contributed by atoms with Gasteiger partial charge in [-0.3, -0.25) is 48.2 Å². The van der Waals surface area contributed by atoms with Gasteiger partial charge in [0.2, 0.25) is 0 Å². The van der Waals surface area contributed by atoms with Crippen LogP contribution in [-0.4, -0.2) is 38.2 Å². The van der Waals surface area contributed by atoms with Crippen molar-refractivity contribution in [1.29, 1.82) is 0 Å². The van der Waals surface area contributed by atoms with Crippen LogP contribution in [0, 0.1) is 23.4 Å². The zero-order valence-corrected chi connectivity index (χ0v) is 33.2. The molecule has 4 heterocycles. The molecule has 50 heavy (non-hydrogen) atoms. The van der Waals surface area contributed by atoms with E-state index in [2.05, 4.69) is 19.9 Å². The average molecular weight is 733 g/mol. The van der Waals surface area contributed by atoms with Gasteiger partial charge in [0.15, 0.2) is 9.54 Å². The molecule has 0 aliphatic heterocycles. The molecule has 0 aliphatic rings. The van der Waals surface area contributed by atoms with Crippen molar-refractivity contribution in [2.75, 3.05) is 0 Å². The molecule has 4 N–H and O–H groups in total. The van der Waals surface area contributed by atoms with E-state index in [9.17, 15) is 28.8 Å². The monoisotopic (exact) mass is 732 g/mol. The first-order valence-corrected chi connectivity index (χ1v) is 16.6. The normalized spacial score (nSPS) is 11.6. The van der Waals surface area contributed by atoms with Crippen LogP contribution in [-0.2, 0) is 22.2 Å². The number of aryl methyl sites for hydroxylation is 2. The summed E-state index contributed by atoms with van der Waals surface area (Å²) in [5, 5.41) is 0. The van der Waals surface area contributed by atoms with Crippen LogP contribution in [0.15, 0.2) is 65.7 Å². The van der Waals surface area contributed by atoms with Gasteiger partial charge in [-0.05, 0) is 121 Å². The zero-order valence-electron chi connectivity index (χ0n) is 31.5. The SMILES string of the molecule is CC(C)(C)n1ccc(=O)[nH]c1=O.CC(C)(C)n1ccc(=O)[nH]c1=S.Cc1cn(C(C)(C)C)c(=O)[nH]c1=O.Cc1cn(C(C)(C)C)c(=S)[nH]c1=O. The van der Waals surface area contributed by atoms with Crippen LogP contribution in [0.3, 0.4) is 0 Å². The highest BCUT2D eigenvalue weighted by Gasteiger charge is 2.16. The fourth-order valence-corrected chi connectivity index (χ4v) is 4.88. The quantitative estimate of drug-likeness (QED) is 0.190. The van der Waals surface area contributed by atoms with E-state index in [1.807, 2.05) is 92.2 Å². The lowest BCUT2D eigenvalue weighted by Crippen LogP contribution is -2.39. The van der Waals surface area contributed by atoms with Gasteiger partial charge in [0.25, 0.3) is 22.2 Å². The predicted molar refractivity (Wildman–Crippen MR) is 204 cm³/mol. The summed E-state index contributed by atoms with van der Waals surface area (Å²) in [6.07, 6.45) is 6.59. The Hall–Kier alpha value is -4.44. The predicted octanol–water partition coefficient (Wildman–Crippen LogP) is 4.52. The molecule has 0 unspecified atom stereocenters. The Morgan fingerprint density at radius 2 is 0.800 bits per heavy atom. The summed E-state index contributed by atoms with van der Waals surface area (Å²) in [5.41, 5.74) is -1.19. The van der Waals surface area contributed by atoms with Gasteiger partial charge in [-0.15, -0.1) is 0 Å². The van der Waals surface area contributed by atoms with Crippen molar-refractivity contribution in [3.05, 3.63) is 120 Å². The van der Waals surface area contributed by atoms with Crippen LogP contribution < -0.4 is 33.6 Å². The minimum atomic E-state index is -0.366. The maximum absolute atomic E-state index is 11.3. The molecule has 0 amide bonds. The van der Waals surface area contributed by atoms with Crippen LogP contribution in [0.5, 0.6) is 0 Å². The Kier molecular flexibility index (Phi) is 14.4. The Bertz CT molecular complexity index is 2090. The Balaban J connectivity index is 0.000000334. The summed E-state index contributed by atoms with van der Waals surface area (Å²) < 4.78 is 7.68. The lowest BCUT2D eigenvalue weighted by Gasteiger charge is -2.23. The second-order valence-electron chi connectivity index (χ2n) is 15.5. The van der Waals surface area contributed by atoms with Crippen molar-refractivity contribution in [3.8, 4) is 0 Å². The molecule has 0 fully saturated rings. The first kappa shape index (κ1) is 43.6. The molecule has 4 aromatic rings. The minimum absolute atomic E-state index is 0.0821. The van der Waals surface area contributed by atoms with Crippen molar-refractivity contribution in [2.24, 2.45) is 0 Å². The molecule has 0 saturated heterocycles. The van der Waals surface area contributed by atoms with Crippen LogP contribution >= 0.6 is 24.4 Å². The lowest BCUT2D eigenvalue weighted by atomic mass is 10.1. The van der Waals surface area contributed by atoms with E-state index in [-0.39, 0.29) is 55.8 Å². The van der Waals surface area contributed by atoms with Gasteiger partial charge in [0.1, 0.15) is 0 Å². The van der Waals surface area contributed by atoms with Gasteiger partial charge >= 0.3 is 11.4 Å². The first-order valence-electron chi connectivity index (χ1n) is 15.8. The number of rotatable bonds is 0. The van der Waals surface area contributed by atoms with E-state index in [0.29, 0.717) is 20.7 Å². The van der Waals surface area contributed by atoms with E-state index in [4.69, 9.17) is 24.4 Å². The number of H-pyrrole nitrogens is 4. The van der Waals surface area contributed by atoms with E-state index < -0.39 is 0 Å². The summed E-state index contributed by atoms with van der Waals surface area (Å²) in [7, 11) is 0. The molecular formula is C34H52N8O6S2. The highest BCUT2D eigenvalue weighted by Crippen LogP contribution is 2.13. The third-order valence-corrected chi connectivity index (χ3v) is 7.38. The molecule has 0 saturated carbocycles. The van der Waals surface area contributed by atoms with Crippen LogP contribution in [0.2, 0.25) is 0 Å². The average Bonchev–Trinajstić information content (AvgIpc) is 2.91. The number of aromatic nitrogens is 8. The first-order chi connectivity index (χ1) is 22.5. The van der Waals surface area contributed by atoms with Crippen molar-refractivity contribution in [3.63, 3.8) is 0 Å². The molecule has 0 spiro atoms. The van der Waals surface area contributed by atoms with E-state index >= 15 is 0 Å². The Morgan fingerprint density at radius 1 is 0.460 bits per heavy atom. The summed E-state index contributed by atoms with van der Waals surface area (Å²) in [4.78, 5) is 76.0. The van der Waals surface area contributed by atoms with Crippen molar-refractivity contribution < 1.29 is 0 Å². The van der Waals surface area contributed by atoms with Crippen LogP contribution in [0.4, 0.5) is 0 Å². The van der Waals surface area contributed by atoms with Crippen molar-refractivity contribution in [2.45, 2.75) is 119 Å². The molecule has 4 aromatic heterocycles. The summed E-state index contributed by atoms with van der Waals surface area (Å²) in [6, 6.07) is 2.81. The van der Waals surface area contributed by atoms with Gasteiger partial charge in [-0.2, -0.15) is 0 Å². The van der Waals surface area contributed by atoms with E-state index in [0.717, 1.165) is 0 Å². The molecule has 0 aromatic carbocycles. The molecule has 14 nitrogen and oxygen atoms in total. The molecule has 0 aliphatic carbocycles. The second kappa shape index (κ2) is 16.5. The van der Waals surface area contributed by atoms with E-state index in [1.54, 1.807) is 32.4 Å². The number of hydrogen-bond donors (Lipinski definition) is 4. The number of nitrogens with one attached hydrogen (secondary N) is 4. The molecule has 0 radical (unpaired) electrons. The molecule has 0 bridgehead atoms. The maximum Gasteiger partial charge on any atom is 0.328 e. The standard InChI is InChI=1S/C9H14N2O2.C9H14N2OS.C8H12N2O2.C8H12N2OS/c2*1-6-5-11(9(2,3)4)8(13)10-7(6)12;2*1-8(2,3)10-5-4-6(11)9-7(10)12/h2*5H,1-4H3,(H,10,12,13);2*4-5H,1-3H3,(H,9,11,12). The minimum Gasteiger partial charge on any atom is -0.320 e. The van der Waals surface area contributed by atoms with Crippen molar-refractivity contribution >= 4 is 24.4 Å². The number of nitrogens with zero attached hydrogens (tertiary/aromatic N) is 4. The molecule has 276 valence electrons. The van der Waals surface area contributed by atoms with Gasteiger partial charge in [-0.25, -0.2) is 9.59 Å². The number of hydrogen-bond acceptors (Lipinski definition) is 8. The van der Waals surface area contributed by atoms with Gasteiger partial charge in [-0.1, -0.05) is 0 Å². The fourth-order valence-electron chi connectivity index (χ4n) is 4.02. The molecular weight excluding hydrogens is 681 g/mol. The molecule has 16 heteroatoms. The van der Waals surface area contributed by atoms with Crippen LogP contribution in [0.1, 0.15) is 94.2 Å². The van der Waals surface area contributed by atoms with Crippen molar-refractivity contribution in [1.82, 2.24) is 38.2 Å². The third kappa shape index (κ3) is 13.1. The summed E-state index contributed by atoms with van der Waals surface area (Å²) in [6.45, 7) is 27.1. The van der Waals surface area contributed by atoms with Crippen LogP contribution in [0.25, 0.3) is 0 Å². The van der Waals surface area contributed by atoms with E-state index in [1.165, 1.54) is 27.5 Å². The van der Waals surface area contributed by atoms with Gasteiger partial charge in [0.05, 0.1) is 0 Å². The third-order valence-electron chi connectivity index (χ3n) is 6.78. The highest BCUT2D eigenvalue weighted by molar-refractivity contribution is 7.71. The highest BCUT2D eigenvalue weighted by atomic mass is 32.1. The lowest BCUT2D eigenvalue weighted by molar-refractivity contribution is 0.375. The summed E-state index contributed by atoms with van der Waals surface area (Å²) >= 11 is 10.0. The zero-order chi connectivity index (χ0) is 39.2. The smallest absolute Gasteiger partial charge is 0.320 e. The van der Waals surface area contributed by atoms with Gasteiger partial charge in [0, 0.05) is 70.2 Å².